The van der Waals surface area contributed by atoms with Gasteiger partial charge in [0.1, 0.15) is 11.6 Å². The van der Waals surface area contributed by atoms with Crippen LogP contribution in [0.2, 0.25) is 0 Å². The average Bonchev–Trinajstić information content (AvgIpc) is 2.46. The molecule has 0 bridgehead atoms. The van der Waals surface area contributed by atoms with E-state index in [1.807, 2.05) is 12.1 Å². The largest absolute Gasteiger partial charge is 0.495 e. The van der Waals surface area contributed by atoms with E-state index in [0.29, 0.717) is 0 Å². The Balaban J connectivity index is 1.97. The summed E-state index contributed by atoms with van der Waals surface area (Å²) >= 11 is 0. The van der Waals surface area contributed by atoms with Crippen molar-refractivity contribution in [2.75, 3.05) is 38.2 Å². The fraction of sp³-hybridized carbons (Fsp3) is 0.643. The fourth-order valence-corrected chi connectivity index (χ4v) is 2.46. The van der Waals surface area contributed by atoms with Gasteiger partial charge in [0.25, 0.3) is 0 Å². The smallest absolute Gasteiger partial charge is 0.137 e. The van der Waals surface area contributed by atoms with Crippen molar-refractivity contribution < 1.29 is 4.74 Å². The maximum Gasteiger partial charge on any atom is 0.137 e. The van der Waals surface area contributed by atoms with Gasteiger partial charge in [0.05, 0.1) is 13.3 Å². The lowest BCUT2D eigenvalue weighted by atomic mass is 9.99. The molecule has 1 unspecified atom stereocenters. The molecule has 1 aromatic rings. The first-order valence-corrected chi connectivity index (χ1v) is 6.79. The molecule has 2 heterocycles. The van der Waals surface area contributed by atoms with E-state index >= 15 is 0 Å². The third kappa shape index (κ3) is 3.35. The maximum absolute atomic E-state index is 5.14. The second-order valence-corrected chi connectivity index (χ2v) is 4.81. The molecule has 0 spiro atoms. The van der Waals surface area contributed by atoms with E-state index < -0.39 is 0 Å². The van der Waals surface area contributed by atoms with E-state index in [1.54, 1.807) is 13.3 Å². The zero-order valence-corrected chi connectivity index (χ0v) is 11.4. The van der Waals surface area contributed by atoms with Gasteiger partial charge in [-0.2, -0.15) is 0 Å². The molecule has 0 radical (unpaired) electrons. The first-order chi connectivity index (χ1) is 8.83. The molecule has 4 heteroatoms. The molecule has 1 saturated heterocycles. The van der Waals surface area contributed by atoms with E-state index in [0.717, 1.165) is 37.1 Å². The van der Waals surface area contributed by atoms with Crippen molar-refractivity contribution >= 4 is 5.82 Å². The average molecular weight is 249 g/mol. The van der Waals surface area contributed by atoms with Gasteiger partial charge in [-0.25, -0.2) is 4.98 Å². The van der Waals surface area contributed by atoms with Crippen LogP contribution in [-0.4, -0.2) is 38.3 Å². The third-order valence-electron chi connectivity index (χ3n) is 3.54. The van der Waals surface area contributed by atoms with Gasteiger partial charge >= 0.3 is 0 Å². The summed E-state index contributed by atoms with van der Waals surface area (Å²) in [5.41, 5.74) is 0. The zero-order valence-electron chi connectivity index (χ0n) is 11.4. The summed E-state index contributed by atoms with van der Waals surface area (Å²) in [6.07, 6.45) is 4.40. The Morgan fingerprint density at radius 2 is 2.39 bits per heavy atom. The van der Waals surface area contributed by atoms with Crippen molar-refractivity contribution in [3.63, 3.8) is 0 Å². The van der Waals surface area contributed by atoms with E-state index in [4.69, 9.17) is 4.74 Å². The van der Waals surface area contributed by atoms with Crippen LogP contribution in [0.3, 0.4) is 0 Å². The topological polar surface area (TPSA) is 37.4 Å². The number of hydrogen-bond acceptors (Lipinski definition) is 4. The van der Waals surface area contributed by atoms with E-state index in [1.165, 1.54) is 19.4 Å². The summed E-state index contributed by atoms with van der Waals surface area (Å²) in [5.74, 6) is 2.60. The Hall–Kier alpha value is -1.29. The molecule has 1 atom stereocenters. The van der Waals surface area contributed by atoms with Crippen LogP contribution in [0, 0.1) is 5.92 Å². The number of methoxy groups -OCH3 is 1. The van der Waals surface area contributed by atoms with Crippen LogP contribution < -0.4 is 15.0 Å². The van der Waals surface area contributed by atoms with Crippen LogP contribution in [0.4, 0.5) is 5.82 Å². The molecular weight excluding hydrogens is 226 g/mol. The van der Waals surface area contributed by atoms with E-state index in [-0.39, 0.29) is 0 Å². The molecule has 1 aromatic heterocycles. The molecule has 0 amide bonds. The van der Waals surface area contributed by atoms with Crippen LogP contribution >= 0.6 is 0 Å². The molecule has 1 fully saturated rings. The fourth-order valence-electron chi connectivity index (χ4n) is 2.46. The molecule has 0 saturated carbocycles. The highest BCUT2D eigenvalue weighted by Gasteiger charge is 2.17. The van der Waals surface area contributed by atoms with Gasteiger partial charge in [0.2, 0.25) is 0 Å². The Morgan fingerprint density at radius 3 is 2.94 bits per heavy atom. The Labute approximate surface area is 109 Å². The summed E-state index contributed by atoms with van der Waals surface area (Å²) in [7, 11) is 1.67. The number of aromatic nitrogens is 1. The Kier molecular flexibility index (Phi) is 4.81. The highest BCUT2D eigenvalue weighted by atomic mass is 16.5. The summed E-state index contributed by atoms with van der Waals surface area (Å²) in [6.45, 7) is 6.57. The minimum Gasteiger partial charge on any atom is -0.495 e. The van der Waals surface area contributed by atoms with Crippen molar-refractivity contribution in [1.29, 1.82) is 0 Å². The van der Waals surface area contributed by atoms with E-state index in [2.05, 4.69) is 22.1 Å². The molecule has 0 aromatic carbocycles. The minimum absolute atomic E-state index is 0.739. The maximum atomic E-state index is 5.14. The van der Waals surface area contributed by atoms with Gasteiger partial charge in [0, 0.05) is 13.1 Å². The van der Waals surface area contributed by atoms with Crippen LogP contribution in [0.1, 0.15) is 19.8 Å². The van der Waals surface area contributed by atoms with Crippen LogP contribution in [0.25, 0.3) is 0 Å². The quantitative estimate of drug-likeness (QED) is 0.865. The Bertz CT molecular complexity index is 347. The number of nitrogens with zero attached hydrogens (tertiary/aromatic N) is 2. The molecule has 100 valence electrons. The molecule has 0 aliphatic carbocycles. The highest BCUT2D eigenvalue weighted by molar-refractivity contribution is 5.40. The third-order valence-corrected chi connectivity index (χ3v) is 3.54. The summed E-state index contributed by atoms with van der Waals surface area (Å²) < 4.78 is 5.14. The normalized spacial score (nSPS) is 19.6. The number of piperidine rings is 1. The number of pyridine rings is 1. The van der Waals surface area contributed by atoms with Crippen molar-refractivity contribution in [2.24, 2.45) is 5.92 Å². The first kappa shape index (κ1) is 13.1. The molecular formula is C14H23N3O. The second-order valence-electron chi connectivity index (χ2n) is 4.81. The number of ether oxygens (including phenoxy) is 1. The van der Waals surface area contributed by atoms with Gasteiger partial charge in [-0.05, 0) is 50.9 Å². The minimum atomic E-state index is 0.739. The number of rotatable bonds is 5. The van der Waals surface area contributed by atoms with Gasteiger partial charge < -0.3 is 15.0 Å². The summed E-state index contributed by atoms with van der Waals surface area (Å²) in [4.78, 5) is 6.81. The monoisotopic (exact) mass is 249 g/mol. The van der Waals surface area contributed by atoms with Crippen molar-refractivity contribution in [2.45, 2.75) is 19.8 Å². The van der Waals surface area contributed by atoms with Crippen molar-refractivity contribution in [3.05, 3.63) is 18.3 Å². The second kappa shape index (κ2) is 6.59. The van der Waals surface area contributed by atoms with Gasteiger partial charge in [-0.15, -0.1) is 0 Å². The van der Waals surface area contributed by atoms with Crippen LogP contribution in [-0.2, 0) is 0 Å². The van der Waals surface area contributed by atoms with Gasteiger partial charge in [0.15, 0.2) is 0 Å². The lowest BCUT2D eigenvalue weighted by molar-refractivity contribution is 0.377. The molecule has 2 rings (SSSR count). The summed E-state index contributed by atoms with van der Waals surface area (Å²) in [5, 5.41) is 3.47. The summed E-state index contributed by atoms with van der Waals surface area (Å²) in [6, 6.07) is 4.02. The lowest BCUT2D eigenvalue weighted by Crippen LogP contribution is -2.38. The lowest BCUT2D eigenvalue weighted by Gasteiger charge is -2.30. The van der Waals surface area contributed by atoms with Gasteiger partial charge in [-0.3, -0.25) is 0 Å². The number of nitrogens with one attached hydrogen (secondary N) is 1. The molecule has 1 N–H and O–H groups in total. The van der Waals surface area contributed by atoms with Gasteiger partial charge in [-0.1, -0.05) is 0 Å². The molecule has 1 aliphatic heterocycles. The van der Waals surface area contributed by atoms with Crippen LogP contribution in [0.15, 0.2) is 18.3 Å². The highest BCUT2D eigenvalue weighted by Crippen LogP contribution is 2.18. The predicted octanol–water partition coefficient (Wildman–Crippen LogP) is 1.92. The SMILES string of the molecule is CCN(CC1CCCNC1)c1ccc(OC)cn1. The molecule has 18 heavy (non-hydrogen) atoms. The number of hydrogen-bond donors (Lipinski definition) is 1. The van der Waals surface area contributed by atoms with E-state index in [9.17, 15) is 0 Å². The van der Waals surface area contributed by atoms with Crippen molar-refractivity contribution in [1.82, 2.24) is 10.3 Å². The van der Waals surface area contributed by atoms with Crippen LogP contribution in [0.5, 0.6) is 5.75 Å². The molecule has 1 aliphatic rings. The Morgan fingerprint density at radius 1 is 1.50 bits per heavy atom. The predicted molar refractivity (Wildman–Crippen MR) is 74.3 cm³/mol. The van der Waals surface area contributed by atoms with Crippen molar-refractivity contribution in [3.8, 4) is 5.75 Å². The zero-order chi connectivity index (χ0) is 12.8. The standard InChI is InChI=1S/C14H23N3O/c1-3-17(11-12-5-4-8-15-9-12)14-7-6-13(18-2)10-16-14/h6-7,10,12,15H,3-5,8-9,11H2,1-2H3. The number of anilines is 1. The first-order valence-electron chi connectivity index (χ1n) is 6.79. The molecule has 4 nitrogen and oxygen atoms in total.